The maximum absolute atomic E-state index is 6.51. The highest BCUT2D eigenvalue weighted by Gasteiger charge is 2.28. The Morgan fingerprint density at radius 2 is 2.33 bits per heavy atom. The number of hydrogen-bond acceptors (Lipinski definition) is 1. The molecule has 1 heterocycles. The SMILES string of the molecule is ClC1(c2ccccn2)C=CC(CBr)=CC1. The number of nitrogens with zero attached hydrogens (tertiary/aromatic N) is 1. The molecule has 1 aromatic heterocycles. The average molecular weight is 285 g/mol. The van der Waals surface area contributed by atoms with Gasteiger partial charge in [-0.05, 0) is 24.1 Å². The van der Waals surface area contributed by atoms with E-state index in [1.165, 1.54) is 5.57 Å². The van der Waals surface area contributed by atoms with Gasteiger partial charge in [-0.25, -0.2) is 0 Å². The predicted octanol–water partition coefficient (Wildman–Crippen LogP) is 3.80. The quantitative estimate of drug-likeness (QED) is 0.753. The maximum Gasteiger partial charge on any atom is 0.108 e. The Balaban J connectivity index is 2.25. The number of rotatable bonds is 2. The van der Waals surface area contributed by atoms with Crippen molar-refractivity contribution < 1.29 is 0 Å². The third-order valence-electron chi connectivity index (χ3n) is 2.47. The fourth-order valence-corrected chi connectivity index (χ4v) is 2.22. The van der Waals surface area contributed by atoms with Crippen LogP contribution in [0.2, 0.25) is 0 Å². The summed E-state index contributed by atoms with van der Waals surface area (Å²) in [5.74, 6) is 0. The van der Waals surface area contributed by atoms with E-state index in [1.807, 2.05) is 24.3 Å². The van der Waals surface area contributed by atoms with Crippen LogP contribution in [0.3, 0.4) is 0 Å². The number of alkyl halides is 2. The summed E-state index contributed by atoms with van der Waals surface area (Å²) in [5, 5.41) is 0.874. The van der Waals surface area contributed by atoms with Crippen LogP contribution in [-0.4, -0.2) is 10.3 Å². The molecule has 1 aromatic rings. The van der Waals surface area contributed by atoms with E-state index in [0.717, 1.165) is 17.4 Å². The normalized spacial score (nSPS) is 25.1. The first-order chi connectivity index (χ1) is 7.24. The van der Waals surface area contributed by atoms with E-state index in [1.54, 1.807) is 6.20 Å². The van der Waals surface area contributed by atoms with Crippen molar-refractivity contribution in [2.45, 2.75) is 11.3 Å². The zero-order valence-electron chi connectivity index (χ0n) is 8.16. The first-order valence-electron chi connectivity index (χ1n) is 4.79. The molecule has 3 heteroatoms. The Bertz CT molecular complexity index is 399. The molecule has 1 nitrogen and oxygen atoms in total. The molecular formula is C12H11BrClN. The summed E-state index contributed by atoms with van der Waals surface area (Å²) in [6.07, 6.45) is 8.80. The highest BCUT2D eigenvalue weighted by atomic mass is 79.9. The molecule has 15 heavy (non-hydrogen) atoms. The molecule has 0 radical (unpaired) electrons. The van der Waals surface area contributed by atoms with Crippen molar-refractivity contribution in [2.75, 3.05) is 5.33 Å². The molecule has 1 aliphatic carbocycles. The summed E-state index contributed by atoms with van der Waals surface area (Å²) in [4.78, 5) is 3.84. The lowest BCUT2D eigenvalue weighted by Gasteiger charge is -2.24. The van der Waals surface area contributed by atoms with Crippen LogP contribution in [0.25, 0.3) is 0 Å². The Hall–Kier alpha value is -0.600. The van der Waals surface area contributed by atoms with Gasteiger partial charge >= 0.3 is 0 Å². The fourth-order valence-electron chi connectivity index (χ4n) is 1.55. The largest absolute Gasteiger partial charge is 0.259 e. The van der Waals surface area contributed by atoms with E-state index >= 15 is 0 Å². The van der Waals surface area contributed by atoms with Crippen LogP contribution >= 0.6 is 27.5 Å². The van der Waals surface area contributed by atoms with Crippen molar-refractivity contribution in [3.63, 3.8) is 0 Å². The average Bonchev–Trinajstić information content (AvgIpc) is 2.31. The Kier molecular flexibility index (Phi) is 3.27. The van der Waals surface area contributed by atoms with Crippen LogP contribution < -0.4 is 0 Å². The van der Waals surface area contributed by atoms with E-state index < -0.39 is 4.87 Å². The van der Waals surface area contributed by atoms with Gasteiger partial charge in [0.1, 0.15) is 4.87 Å². The van der Waals surface area contributed by atoms with Crippen molar-refractivity contribution >= 4 is 27.5 Å². The van der Waals surface area contributed by atoms with Crippen LogP contribution in [-0.2, 0) is 4.87 Å². The lowest BCUT2D eigenvalue weighted by atomic mass is 9.93. The molecule has 0 fully saturated rings. The molecule has 0 saturated heterocycles. The first-order valence-corrected chi connectivity index (χ1v) is 6.29. The molecule has 0 amide bonds. The first kappa shape index (κ1) is 10.9. The second-order valence-corrected chi connectivity index (χ2v) is 4.76. The minimum Gasteiger partial charge on any atom is -0.259 e. The molecule has 0 N–H and O–H groups in total. The standard InChI is InChI=1S/C12H11BrClN/c13-9-10-4-6-12(14,7-5-10)11-3-1-2-8-15-11/h1-6,8H,7,9H2. The van der Waals surface area contributed by atoms with Crippen LogP contribution in [0.15, 0.2) is 48.2 Å². The summed E-state index contributed by atoms with van der Waals surface area (Å²) < 4.78 is 0. The predicted molar refractivity (Wildman–Crippen MR) is 67.4 cm³/mol. The van der Waals surface area contributed by atoms with Crippen molar-refractivity contribution in [2.24, 2.45) is 0 Å². The lowest BCUT2D eigenvalue weighted by molar-refractivity contribution is 0.727. The molecule has 0 aromatic carbocycles. The second kappa shape index (κ2) is 4.50. The molecule has 0 spiro atoms. The van der Waals surface area contributed by atoms with Crippen molar-refractivity contribution in [3.05, 3.63) is 53.9 Å². The molecule has 1 atom stereocenters. The van der Waals surface area contributed by atoms with Crippen molar-refractivity contribution in [3.8, 4) is 0 Å². The van der Waals surface area contributed by atoms with Crippen LogP contribution in [0, 0.1) is 0 Å². The van der Waals surface area contributed by atoms with Gasteiger partial charge in [0.25, 0.3) is 0 Å². The van der Waals surface area contributed by atoms with Gasteiger partial charge in [0.15, 0.2) is 0 Å². The number of aromatic nitrogens is 1. The van der Waals surface area contributed by atoms with Crippen LogP contribution in [0.1, 0.15) is 12.1 Å². The zero-order chi connectivity index (χ0) is 10.7. The highest BCUT2D eigenvalue weighted by Crippen LogP contribution is 2.36. The third-order valence-corrected chi connectivity index (χ3v) is 3.59. The summed E-state index contributed by atoms with van der Waals surface area (Å²) in [6, 6.07) is 5.82. The van der Waals surface area contributed by atoms with Gasteiger partial charge in [-0.1, -0.05) is 40.2 Å². The Morgan fingerprint density at radius 3 is 2.87 bits per heavy atom. The smallest absolute Gasteiger partial charge is 0.108 e. The Labute approximate surface area is 103 Å². The molecule has 1 aliphatic rings. The molecule has 78 valence electrons. The maximum atomic E-state index is 6.51. The van der Waals surface area contributed by atoms with Gasteiger partial charge in [0.2, 0.25) is 0 Å². The van der Waals surface area contributed by atoms with Gasteiger partial charge in [-0.15, -0.1) is 11.6 Å². The monoisotopic (exact) mass is 283 g/mol. The molecule has 0 saturated carbocycles. The van der Waals surface area contributed by atoms with E-state index in [-0.39, 0.29) is 0 Å². The van der Waals surface area contributed by atoms with Gasteiger partial charge in [-0.2, -0.15) is 0 Å². The number of halogens is 2. The molecule has 2 rings (SSSR count). The summed E-state index contributed by atoms with van der Waals surface area (Å²) in [5.41, 5.74) is 2.18. The number of allylic oxidation sites excluding steroid dienone is 4. The summed E-state index contributed by atoms with van der Waals surface area (Å²) in [7, 11) is 0. The second-order valence-electron chi connectivity index (χ2n) is 3.53. The minimum atomic E-state index is -0.465. The molecule has 0 aliphatic heterocycles. The highest BCUT2D eigenvalue weighted by molar-refractivity contribution is 9.09. The van der Waals surface area contributed by atoms with Gasteiger partial charge in [0, 0.05) is 11.5 Å². The van der Waals surface area contributed by atoms with Gasteiger partial charge < -0.3 is 0 Å². The van der Waals surface area contributed by atoms with Crippen LogP contribution in [0.5, 0.6) is 0 Å². The topological polar surface area (TPSA) is 12.9 Å². The van der Waals surface area contributed by atoms with Gasteiger partial charge in [0.05, 0.1) is 5.69 Å². The fraction of sp³-hybridized carbons (Fsp3) is 0.250. The summed E-state index contributed by atoms with van der Waals surface area (Å²) in [6.45, 7) is 0. The Morgan fingerprint density at radius 1 is 1.47 bits per heavy atom. The van der Waals surface area contributed by atoms with Crippen LogP contribution in [0.4, 0.5) is 0 Å². The molecular weight excluding hydrogens is 273 g/mol. The molecule has 0 bridgehead atoms. The van der Waals surface area contributed by atoms with Crippen molar-refractivity contribution in [1.82, 2.24) is 4.98 Å². The molecule has 1 unspecified atom stereocenters. The van der Waals surface area contributed by atoms with E-state index in [2.05, 4.69) is 33.1 Å². The lowest BCUT2D eigenvalue weighted by Crippen LogP contribution is -2.18. The number of hydrogen-bond donors (Lipinski definition) is 0. The van der Waals surface area contributed by atoms with Crippen molar-refractivity contribution in [1.29, 1.82) is 0 Å². The van der Waals surface area contributed by atoms with E-state index in [0.29, 0.717) is 0 Å². The van der Waals surface area contributed by atoms with Gasteiger partial charge in [-0.3, -0.25) is 4.98 Å². The summed E-state index contributed by atoms with van der Waals surface area (Å²) >= 11 is 9.94. The van der Waals surface area contributed by atoms with E-state index in [9.17, 15) is 0 Å². The van der Waals surface area contributed by atoms with E-state index in [4.69, 9.17) is 11.6 Å². The number of pyridine rings is 1. The minimum absolute atomic E-state index is 0.465. The zero-order valence-corrected chi connectivity index (χ0v) is 10.5. The third kappa shape index (κ3) is 2.32.